The number of nitrogens with one attached hydrogen (secondary N) is 1. The van der Waals surface area contributed by atoms with Gasteiger partial charge >= 0.3 is 12.0 Å². The molecule has 2 amide bonds. The molecule has 2 aliphatic rings. The Kier molecular flexibility index (Phi) is 8.65. The molecule has 0 aromatic rings. The van der Waals surface area contributed by atoms with E-state index < -0.39 is 5.97 Å². The predicted molar refractivity (Wildman–Crippen MR) is 100 cm³/mol. The molecule has 1 saturated heterocycles. The second-order valence-electron chi connectivity index (χ2n) is 7.84. The van der Waals surface area contributed by atoms with E-state index in [1.54, 1.807) is 11.9 Å². The van der Waals surface area contributed by atoms with Crippen molar-refractivity contribution in [2.75, 3.05) is 39.8 Å². The average molecular weight is 370 g/mol. The lowest BCUT2D eigenvalue weighted by Gasteiger charge is -2.36. The van der Waals surface area contributed by atoms with Crippen LogP contribution in [0, 0.1) is 5.92 Å². The van der Waals surface area contributed by atoms with E-state index in [0.29, 0.717) is 26.2 Å². The molecule has 0 bridgehead atoms. The molecule has 7 heteroatoms. The summed E-state index contributed by atoms with van der Waals surface area (Å²) in [5.41, 5.74) is 0. The molecule has 1 unspecified atom stereocenters. The second-order valence-corrected chi connectivity index (χ2v) is 7.84. The van der Waals surface area contributed by atoms with Gasteiger partial charge in [0.1, 0.15) is 0 Å². The standard InChI is InChI=1S/C19H35N3O4/c1-3-4-5-15-6-8-16(9-7-15)20-19(25)22-10-11-26-17(13-22)12-21(2)14-18(23)24/h15-17H,3-14H2,1-2H3,(H,20,25)(H,23,24). The van der Waals surface area contributed by atoms with Crippen LogP contribution in [0.2, 0.25) is 0 Å². The van der Waals surface area contributed by atoms with Crippen molar-refractivity contribution in [2.24, 2.45) is 5.92 Å². The first-order chi connectivity index (χ1) is 12.5. The fourth-order valence-corrected chi connectivity index (χ4v) is 4.01. The van der Waals surface area contributed by atoms with Crippen molar-refractivity contribution in [2.45, 2.75) is 64.0 Å². The van der Waals surface area contributed by atoms with Gasteiger partial charge in [-0.3, -0.25) is 9.69 Å². The van der Waals surface area contributed by atoms with E-state index >= 15 is 0 Å². The first-order valence-corrected chi connectivity index (χ1v) is 10.0. The highest BCUT2D eigenvalue weighted by Crippen LogP contribution is 2.28. The van der Waals surface area contributed by atoms with Gasteiger partial charge in [-0.2, -0.15) is 0 Å². The number of aliphatic carboxylic acids is 1. The van der Waals surface area contributed by atoms with Gasteiger partial charge in [-0.1, -0.05) is 26.2 Å². The number of nitrogens with zero attached hydrogens (tertiary/aromatic N) is 2. The quantitative estimate of drug-likeness (QED) is 0.685. The Bertz CT molecular complexity index is 452. The van der Waals surface area contributed by atoms with Crippen LogP contribution >= 0.6 is 0 Å². The van der Waals surface area contributed by atoms with E-state index in [9.17, 15) is 9.59 Å². The second kappa shape index (κ2) is 10.7. The topological polar surface area (TPSA) is 82.1 Å². The first-order valence-electron chi connectivity index (χ1n) is 10.0. The van der Waals surface area contributed by atoms with Crippen LogP contribution in [-0.2, 0) is 9.53 Å². The van der Waals surface area contributed by atoms with Crippen LogP contribution in [0.15, 0.2) is 0 Å². The Hall–Kier alpha value is -1.34. The van der Waals surface area contributed by atoms with Crippen LogP contribution in [0.3, 0.4) is 0 Å². The highest BCUT2D eigenvalue weighted by Gasteiger charge is 2.28. The summed E-state index contributed by atoms with van der Waals surface area (Å²) >= 11 is 0. The van der Waals surface area contributed by atoms with Gasteiger partial charge in [0.25, 0.3) is 0 Å². The summed E-state index contributed by atoms with van der Waals surface area (Å²) in [6.07, 6.45) is 8.36. The highest BCUT2D eigenvalue weighted by atomic mass is 16.5. The SMILES string of the molecule is CCCCC1CCC(NC(=O)N2CCOC(CN(C)CC(=O)O)C2)CC1. The number of carbonyl (C=O) groups is 2. The van der Waals surface area contributed by atoms with E-state index in [-0.39, 0.29) is 24.7 Å². The van der Waals surface area contributed by atoms with Gasteiger partial charge in [0.2, 0.25) is 0 Å². The van der Waals surface area contributed by atoms with Crippen LogP contribution in [0.25, 0.3) is 0 Å². The number of rotatable bonds is 8. The Balaban J connectivity index is 1.71. The van der Waals surface area contributed by atoms with E-state index in [4.69, 9.17) is 9.84 Å². The van der Waals surface area contributed by atoms with Crippen LogP contribution in [0.4, 0.5) is 4.79 Å². The summed E-state index contributed by atoms with van der Waals surface area (Å²) in [6, 6.07) is 0.285. The molecule has 7 nitrogen and oxygen atoms in total. The van der Waals surface area contributed by atoms with Crippen molar-refractivity contribution in [1.29, 1.82) is 0 Å². The summed E-state index contributed by atoms with van der Waals surface area (Å²) in [6.45, 7) is 4.34. The molecular weight excluding hydrogens is 334 g/mol. The smallest absolute Gasteiger partial charge is 0.317 e. The van der Waals surface area contributed by atoms with E-state index in [2.05, 4.69) is 12.2 Å². The van der Waals surface area contributed by atoms with Crippen molar-refractivity contribution in [3.05, 3.63) is 0 Å². The van der Waals surface area contributed by atoms with Crippen molar-refractivity contribution < 1.29 is 19.4 Å². The highest BCUT2D eigenvalue weighted by molar-refractivity contribution is 5.74. The minimum Gasteiger partial charge on any atom is -0.480 e. The summed E-state index contributed by atoms with van der Waals surface area (Å²) in [4.78, 5) is 26.9. The third-order valence-electron chi connectivity index (χ3n) is 5.49. The minimum absolute atomic E-state index is 0.00352. The number of hydrogen-bond donors (Lipinski definition) is 2. The number of amides is 2. The van der Waals surface area contributed by atoms with Crippen molar-refractivity contribution >= 4 is 12.0 Å². The van der Waals surface area contributed by atoms with Gasteiger partial charge in [-0.15, -0.1) is 0 Å². The molecule has 150 valence electrons. The van der Waals surface area contributed by atoms with E-state index in [0.717, 1.165) is 18.8 Å². The number of carboxylic acid groups (broad SMARTS) is 1. The number of likely N-dealkylation sites (N-methyl/N-ethyl adjacent to an activating group) is 1. The first kappa shape index (κ1) is 21.0. The lowest BCUT2D eigenvalue weighted by molar-refractivity contribution is -0.138. The number of urea groups is 1. The molecule has 1 aliphatic heterocycles. The molecule has 1 saturated carbocycles. The van der Waals surface area contributed by atoms with Crippen LogP contribution in [0.1, 0.15) is 51.9 Å². The van der Waals surface area contributed by atoms with Crippen LogP contribution in [-0.4, -0.2) is 78.9 Å². The predicted octanol–water partition coefficient (Wildman–Crippen LogP) is 2.16. The van der Waals surface area contributed by atoms with Crippen LogP contribution < -0.4 is 5.32 Å². The van der Waals surface area contributed by atoms with Gasteiger partial charge < -0.3 is 20.1 Å². The molecular formula is C19H35N3O4. The average Bonchev–Trinajstić information content (AvgIpc) is 2.60. The van der Waals surface area contributed by atoms with Crippen molar-refractivity contribution in [3.63, 3.8) is 0 Å². The number of unbranched alkanes of at least 4 members (excludes halogenated alkanes) is 1. The molecule has 2 N–H and O–H groups in total. The molecule has 2 fully saturated rings. The molecule has 1 atom stereocenters. The molecule has 26 heavy (non-hydrogen) atoms. The van der Waals surface area contributed by atoms with E-state index in [1.165, 1.54) is 32.1 Å². The molecule has 2 rings (SSSR count). The van der Waals surface area contributed by atoms with Gasteiger partial charge in [0.15, 0.2) is 0 Å². The number of ether oxygens (including phenoxy) is 1. The van der Waals surface area contributed by atoms with Gasteiger partial charge in [0, 0.05) is 25.7 Å². The number of hydrogen-bond acceptors (Lipinski definition) is 4. The normalized spacial score (nSPS) is 26.7. The van der Waals surface area contributed by atoms with Gasteiger partial charge in [-0.25, -0.2) is 4.79 Å². The van der Waals surface area contributed by atoms with E-state index in [1.807, 2.05) is 4.90 Å². The lowest BCUT2D eigenvalue weighted by atomic mass is 9.83. The summed E-state index contributed by atoms with van der Waals surface area (Å²) in [5.74, 6) is -0.0203. The Morgan fingerprint density at radius 2 is 2.00 bits per heavy atom. The third-order valence-corrected chi connectivity index (χ3v) is 5.49. The Morgan fingerprint density at radius 1 is 1.27 bits per heavy atom. The summed E-state index contributed by atoms with van der Waals surface area (Å²) in [7, 11) is 1.76. The molecule has 0 aromatic heterocycles. The zero-order valence-corrected chi connectivity index (χ0v) is 16.3. The maximum Gasteiger partial charge on any atom is 0.317 e. The monoisotopic (exact) mass is 369 g/mol. The van der Waals surface area contributed by atoms with Crippen LogP contribution in [0.5, 0.6) is 0 Å². The fraction of sp³-hybridized carbons (Fsp3) is 0.895. The molecule has 0 spiro atoms. The Morgan fingerprint density at radius 3 is 2.65 bits per heavy atom. The number of carbonyl (C=O) groups excluding carboxylic acids is 1. The molecule has 1 heterocycles. The number of carboxylic acids is 1. The van der Waals surface area contributed by atoms with Gasteiger partial charge in [-0.05, 0) is 38.6 Å². The molecule has 0 aromatic carbocycles. The minimum atomic E-state index is -0.854. The summed E-state index contributed by atoms with van der Waals surface area (Å²) < 4.78 is 5.70. The Labute approximate surface area is 157 Å². The fourth-order valence-electron chi connectivity index (χ4n) is 4.01. The molecule has 1 aliphatic carbocycles. The third kappa shape index (κ3) is 7.11. The maximum atomic E-state index is 12.6. The lowest BCUT2D eigenvalue weighted by Crippen LogP contribution is -2.54. The van der Waals surface area contributed by atoms with Gasteiger partial charge in [0.05, 0.1) is 19.3 Å². The van der Waals surface area contributed by atoms with Crippen molar-refractivity contribution in [3.8, 4) is 0 Å². The summed E-state index contributed by atoms with van der Waals surface area (Å²) in [5, 5.41) is 12.0. The zero-order valence-electron chi connectivity index (χ0n) is 16.3. The largest absolute Gasteiger partial charge is 0.480 e. The maximum absolute atomic E-state index is 12.6. The zero-order chi connectivity index (χ0) is 18.9. The van der Waals surface area contributed by atoms with Crippen molar-refractivity contribution in [1.82, 2.24) is 15.1 Å². The molecule has 0 radical (unpaired) electrons. The number of morpholine rings is 1.